The standard InChI is InChI=1S/C13H20N2O3/c1-3-9-5-6-10(14-9)13(17)15(4-2)11-7-18-8-12(11)16/h5-6,11-12,14,16H,3-4,7-8H2,1-2H3/t11-,12-/m1/s1. The number of rotatable bonds is 4. The lowest BCUT2D eigenvalue weighted by molar-refractivity contribution is 0.0516. The molecule has 100 valence electrons. The second-order valence-corrected chi connectivity index (χ2v) is 4.51. The predicted molar refractivity (Wildman–Crippen MR) is 67.5 cm³/mol. The zero-order valence-electron chi connectivity index (χ0n) is 10.8. The number of H-pyrrole nitrogens is 1. The van der Waals surface area contributed by atoms with E-state index in [1.54, 1.807) is 11.0 Å². The molecule has 0 bridgehead atoms. The Balaban J connectivity index is 2.14. The van der Waals surface area contributed by atoms with Gasteiger partial charge < -0.3 is 19.7 Å². The van der Waals surface area contributed by atoms with Crippen LogP contribution in [0, 0.1) is 0 Å². The Morgan fingerprint density at radius 3 is 2.78 bits per heavy atom. The molecule has 0 unspecified atom stereocenters. The van der Waals surface area contributed by atoms with Crippen LogP contribution in [0.1, 0.15) is 30.0 Å². The number of aliphatic hydroxyl groups excluding tert-OH is 1. The highest BCUT2D eigenvalue weighted by Gasteiger charge is 2.34. The first-order valence-corrected chi connectivity index (χ1v) is 6.42. The topological polar surface area (TPSA) is 65.6 Å². The van der Waals surface area contributed by atoms with Gasteiger partial charge >= 0.3 is 0 Å². The average Bonchev–Trinajstić information content (AvgIpc) is 2.99. The second-order valence-electron chi connectivity index (χ2n) is 4.51. The number of nitrogens with one attached hydrogen (secondary N) is 1. The fourth-order valence-electron chi connectivity index (χ4n) is 2.28. The number of nitrogens with zero attached hydrogens (tertiary/aromatic N) is 1. The molecule has 0 aliphatic carbocycles. The minimum Gasteiger partial charge on any atom is -0.388 e. The van der Waals surface area contributed by atoms with Gasteiger partial charge in [0.2, 0.25) is 0 Å². The van der Waals surface area contributed by atoms with Crippen LogP contribution in [0.5, 0.6) is 0 Å². The Morgan fingerprint density at radius 2 is 2.28 bits per heavy atom. The average molecular weight is 252 g/mol. The number of carbonyl (C=O) groups is 1. The highest BCUT2D eigenvalue weighted by molar-refractivity contribution is 5.92. The van der Waals surface area contributed by atoms with E-state index >= 15 is 0 Å². The normalized spacial score (nSPS) is 23.3. The van der Waals surface area contributed by atoms with Gasteiger partial charge in [-0.1, -0.05) is 6.92 Å². The van der Waals surface area contributed by atoms with Crippen molar-refractivity contribution in [2.75, 3.05) is 19.8 Å². The van der Waals surface area contributed by atoms with Crippen molar-refractivity contribution in [2.24, 2.45) is 0 Å². The molecule has 1 saturated heterocycles. The summed E-state index contributed by atoms with van der Waals surface area (Å²) in [5.74, 6) is -0.0771. The Hall–Kier alpha value is -1.33. The molecular formula is C13H20N2O3. The van der Waals surface area contributed by atoms with Gasteiger partial charge in [-0.15, -0.1) is 0 Å². The number of aryl methyl sites for hydroxylation is 1. The lowest BCUT2D eigenvalue weighted by Gasteiger charge is -2.28. The van der Waals surface area contributed by atoms with Crippen LogP contribution in [-0.4, -0.2) is 52.8 Å². The number of amides is 1. The van der Waals surface area contributed by atoms with Crippen LogP contribution < -0.4 is 0 Å². The molecule has 1 amide bonds. The largest absolute Gasteiger partial charge is 0.388 e. The molecule has 2 N–H and O–H groups in total. The van der Waals surface area contributed by atoms with Crippen LogP contribution in [0.4, 0.5) is 0 Å². The van der Waals surface area contributed by atoms with Gasteiger partial charge in [-0.25, -0.2) is 0 Å². The molecule has 0 aromatic carbocycles. The van der Waals surface area contributed by atoms with Crippen molar-refractivity contribution in [2.45, 2.75) is 32.4 Å². The molecule has 2 heterocycles. The summed E-state index contributed by atoms with van der Waals surface area (Å²) in [5.41, 5.74) is 1.62. The number of aromatic nitrogens is 1. The summed E-state index contributed by atoms with van der Waals surface area (Å²) in [4.78, 5) is 17.1. The Bertz CT molecular complexity index is 416. The van der Waals surface area contributed by atoms with Crippen molar-refractivity contribution in [3.63, 3.8) is 0 Å². The zero-order chi connectivity index (χ0) is 13.1. The maximum atomic E-state index is 12.4. The Labute approximate surface area is 107 Å². The van der Waals surface area contributed by atoms with E-state index in [4.69, 9.17) is 4.74 Å². The van der Waals surface area contributed by atoms with Crippen LogP contribution >= 0.6 is 0 Å². The van der Waals surface area contributed by atoms with E-state index in [2.05, 4.69) is 4.98 Å². The summed E-state index contributed by atoms with van der Waals surface area (Å²) < 4.78 is 5.21. The molecule has 2 rings (SSSR count). The third-order valence-corrected chi connectivity index (χ3v) is 3.38. The number of carbonyl (C=O) groups excluding carboxylic acids is 1. The van der Waals surface area contributed by atoms with E-state index in [0.29, 0.717) is 25.5 Å². The van der Waals surface area contributed by atoms with Crippen LogP contribution in [-0.2, 0) is 11.2 Å². The molecule has 0 radical (unpaired) electrons. The molecular weight excluding hydrogens is 232 g/mol. The van der Waals surface area contributed by atoms with Crippen molar-refractivity contribution in [3.8, 4) is 0 Å². The number of ether oxygens (including phenoxy) is 1. The molecule has 1 aliphatic heterocycles. The van der Waals surface area contributed by atoms with Gasteiger partial charge in [-0.2, -0.15) is 0 Å². The second kappa shape index (κ2) is 5.54. The lowest BCUT2D eigenvalue weighted by atomic mass is 10.1. The summed E-state index contributed by atoms with van der Waals surface area (Å²) in [6.45, 7) is 5.21. The summed E-state index contributed by atoms with van der Waals surface area (Å²) in [6, 6.07) is 3.48. The Kier molecular flexibility index (Phi) is 4.04. The zero-order valence-corrected chi connectivity index (χ0v) is 10.8. The van der Waals surface area contributed by atoms with E-state index in [-0.39, 0.29) is 11.9 Å². The van der Waals surface area contributed by atoms with E-state index in [9.17, 15) is 9.90 Å². The number of likely N-dealkylation sites (N-methyl/N-ethyl adjacent to an activating group) is 1. The van der Waals surface area contributed by atoms with E-state index < -0.39 is 6.10 Å². The van der Waals surface area contributed by atoms with E-state index in [1.807, 2.05) is 19.9 Å². The maximum absolute atomic E-state index is 12.4. The van der Waals surface area contributed by atoms with E-state index in [0.717, 1.165) is 12.1 Å². The third-order valence-electron chi connectivity index (χ3n) is 3.38. The fourth-order valence-corrected chi connectivity index (χ4v) is 2.28. The van der Waals surface area contributed by atoms with Gasteiger partial charge in [-0.3, -0.25) is 4.79 Å². The van der Waals surface area contributed by atoms with Crippen molar-refractivity contribution >= 4 is 5.91 Å². The molecule has 1 aliphatic rings. The summed E-state index contributed by atoms with van der Waals surface area (Å²) in [7, 11) is 0. The van der Waals surface area contributed by atoms with Crippen LogP contribution in [0.3, 0.4) is 0 Å². The molecule has 5 heteroatoms. The Morgan fingerprint density at radius 1 is 1.50 bits per heavy atom. The molecule has 0 spiro atoms. The predicted octanol–water partition coefficient (Wildman–Crippen LogP) is 0.799. The van der Waals surface area contributed by atoms with Crippen LogP contribution in [0.15, 0.2) is 12.1 Å². The quantitative estimate of drug-likeness (QED) is 0.833. The van der Waals surface area contributed by atoms with Crippen molar-refractivity contribution in [3.05, 3.63) is 23.5 Å². The summed E-state index contributed by atoms with van der Waals surface area (Å²) in [5, 5.41) is 9.81. The summed E-state index contributed by atoms with van der Waals surface area (Å²) >= 11 is 0. The number of hydrogen-bond acceptors (Lipinski definition) is 3. The van der Waals surface area contributed by atoms with Gasteiger partial charge in [0.1, 0.15) is 5.69 Å². The minimum absolute atomic E-state index is 0.0771. The van der Waals surface area contributed by atoms with Crippen molar-refractivity contribution < 1.29 is 14.6 Å². The van der Waals surface area contributed by atoms with Crippen LogP contribution in [0.2, 0.25) is 0 Å². The van der Waals surface area contributed by atoms with Gasteiger partial charge in [0.25, 0.3) is 5.91 Å². The SMILES string of the molecule is CCc1ccc(C(=O)N(CC)[C@@H]2COC[C@H]2O)[nH]1. The van der Waals surface area contributed by atoms with Gasteiger partial charge in [0, 0.05) is 12.2 Å². The van der Waals surface area contributed by atoms with Gasteiger partial charge in [-0.05, 0) is 25.5 Å². The number of aromatic amines is 1. The van der Waals surface area contributed by atoms with Crippen molar-refractivity contribution in [1.29, 1.82) is 0 Å². The van der Waals surface area contributed by atoms with Gasteiger partial charge in [0.05, 0.1) is 25.4 Å². The van der Waals surface area contributed by atoms with E-state index in [1.165, 1.54) is 0 Å². The molecule has 1 fully saturated rings. The van der Waals surface area contributed by atoms with Crippen molar-refractivity contribution in [1.82, 2.24) is 9.88 Å². The first kappa shape index (κ1) is 13.1. The molecule has 1 aromatic heterocycles. The smallest absolute Gasteiger partial charge is 0.270 e. The highest BCUT2D eigenvalue weighted by Crippen LogP contribution is 2.16. The number of aliphatic hydroxyl groups is 1. The molecule has 0 saturated carbocycles. The third kappa shape index (κ3) is 2.42. The lowest BCUT2D eigenvalue weighted by Crippen LogP contribution is -2.46. The number of hydrogen-bond donors (Lipinski definition) is 2. The molecule has 2 atom stereocenters. The molecule has 18 heavy (non-hydrogen) atoms. The van der Waals surface area contributed by atoms with Crippen LogP contribution in [0.25, 0.3) is 0 Å². The first-order valence-electron chi connectivity index (χ1n) is 6.42. The monoisotopic (exact) mass is 252 g/mol. The molecule has 5 nitrogen and oxygen atoms in total. The first-order chi connectivity index (χ1) is 8.67. The maximum Gasteiger partial charge on any atom is 0.270 e. The highest BCUT2D eigenvalue weighted by atomic mass is 16.5. The fraction of sp³-hybridized carbons (Fsp3) is 0.615. The van der Waals surface area contributed by atoms with Gasteiger partial charge in [0.15, 0.2) is 0 Å². The summed E-state index contributed by atoms with van der Waals surface area (Å²) in [6.07, 6.45) is 0.281. The minimum atomic E-state index is -0.588. The molecule has 1 aromatic rings.